The van der Waals surface area contributed by atoms with Crippen molar-refractivity contribution in [3.8, 4) is 22.9 Å². The maximum Gasteiger partial charge on any atom is 0.254 e. The van der Waals surface area contributed by atoms with Crippen LogP contribution in [-0.2, 0) is 9.53 Å². The summed E-state index contributed by atoms with van der Waals surface area (Å²) in [5.41, 5.74) is 3.55. The number of benzene rings is 1. The Kier molecular flexibility index (Phi) is 6.71. The van der Waals surface area contributed by atoms with Crippen molar-refractivity contribution in [2.24, 2.45) is 4.99 Å². The summed E-state index contributed by atoms with van der Waals surface area (Å²) in [6.07, 6.45) is 4.41. The number of rotatable bonds is 7. The molecule has 0 aliphatic carbocycles. The lowest BCUT2D eigenvalue weighted by Crippen LogP contribution is -2.23. The van der Waals surface area contributed by atoms with Crippen molar-refractivity contribution in [2.75, 3.05) is 28.3 Å². The van der Waals surface area contributed by atoms with Gasteiger partial charge in [0.1, 0.15) is 23.2 Å². The molecule has 3 rings (SSSR count). The molecule has 0 saturated carbocycles. The molecule has 0 aliphatic heterocycles. The van der Waals surface area contributed by atoms with E-state index in [1.165, 1.54) is 24.5 Å². The Labute approximate surface area is 185 Å². The van der Waals surface area contributed by atoms with Crippen molar-refractivity contribution in [3.05, 3.63) is 66.3 Å². The van der Waals surface area contributed by atoms with Crippen LogP contribution in [0.5, 0.6) is 5.75 Å². The van der Waals surface area contributed by atoms with Gasteiger partial charge in [-0.05, 0) is 24.3 Å². The zero-order chi connectivity index (χ0) is 23.3. The molecule has 32 heavy (non-hydrogen) atoms. The van der Waals surface area contributed by atoms with Gasteiger partial charge in [0.15, 0.2) is 11.3 Å². The second-order valence-electron chi connectivity index (χ2n) is 6.93. The van der Waals surface area contributed by atoms with E-state index < -0.39 is 0 Å². The first kappa shape index (κ1) is 22.3. The van der Waals surface area contributed by atoms with Crippen LogP contribution in [-0.4, -0.2) is 50.3 Å². The number of hydrogen-bond donors (Lipinski definition) is 0. The maximum absolute atomic E-state index is 12.0. The van der Waals surface area contributed by atoms with E-state index in [2.05, 4.69) is 22.6 Å². The SMILES string of the molecule is C=C(C=N/C(=C/OC)c1cc2nccc(-c3cc(C#N)ccc3OC)c2o1)C(=O)N(C)C. The largest absolute Gasteiger partial charge is 0.502 e. The number of likely N-dealkylation sites (N-methyl/N-ethyl adjacent to an activating group) is 1. The van der Waals surface area contributed by atoms with Crippen LogP contribution in [0.2, 0.25) is 0 Å². The van der Waals surface area contributed by atoms with Crippen molar-refractivity contribution in [2.45, 2.75) is 0 Å². The van der Waals surface area contributed by atoms with E-state index in [-0.39, 0.29) is 11.5 Å². The predicted molar refractivity (Wildman–Crippen MR) is 122 cm³/mol. The number of furan rings is 1. The van der Waals surface area contributed by atoms with Gasteiger partial charge in [0.25, 0.3) is 5.91 Å². The third-order valence-corrected chi connectivity index (χ3v) is 4.55. The summed E-state index contributed by atoms with van der Waals surface area (Å²) < 4.78 is 16.7. The molecule has 0 N–H and O–H groups in total. The number of nitriles is 1. The molecule has 162 valence electrons. The van der Waals surface area contributed by atoms with Crippen LogP contribution in [0.1, 0.15) is 11.3 Å². The molecule has 1 aromatic carbocycles. The van der Waals surface area contributed by atoms with E-state index in [0.717, 1.165) is 0 Å². The van der Waals surface area contributed by atoms with Crippen molar-refractivity contribution in [3.63, 3.8) is 0 Å². The molecule has 0 aliphatic rings. The second kappa shape index (κ2) is 9.62. The highest BCUT2D eigenvalue weighted by Gasteiger charge is 2.17. The van der Waals surface area contributed by atoms with Crippen LogP contribution in [0.3, 0.4) is 0 Å². The van der Waals surface area contributed by atoms with Crippen LogP contribution in [0.15, 0.2) is 64.4 Å². The van der Waals surface area contributed by atoms with Gasteiger partial charge in [0.2, 0.25) is 0 Å². The van der Waals surface area contributed by atoms with Crippen LogP contribution in [0.4, 0.5) is 0 Å². The first-order valence-electron chi connectivity index (χ1n) is 9.54. The number of carbonyl (C=O) groups is 1. The lowest BCUT2D eigenvalue weighted by molar-refractivity contribution is -0.124. The third kappa shape index (κ3) is 4.52. The molecule has 0 saturated heterocycles. The number of amides is 1. The molecule has 0 spiro atoms. The fourth-order valence-electron chi connectivity index (χ4n) is 3.02. The van der Waals surface area contributed by atoms with E-state index in [4.69, 9.17) is 13.9 Å². The van der Waals surface area contributed by atoms with Crippen LogP contribution >= 0.6 is 0 Å². The van der Waals surface area contributed by atoms with Gasteiger partial charge in [-0.3, -0.25) is 9.78 Å². The number of ether oxygens (including phenoxy) is 2. The molecule has 2 aromatic heterocycles. The lowest BCUT2D eigenvalue weighted by Gasteiger charge is -2.09. The van der Waals surface area contributed by atoms with E-state index in [0.29, 0.717) is 45.0 Å². The zero-order valence-corrected chi connectivity index (χ0v) is 18.2. The predicted octanol–water partition coefficient (Wildman–Crippen LogP) is 4.04. The van der Waals surface area contributed by atoms with Crippen LogP contribution in [0, 0.1) is 11.3 Å². The minimum atomic E-state index is -0.261. The summed E-state index contributed by atoms with van der Waals surface area (Å²) in [7, 11) is 6.32. The molecule has 0 radical (unpaired) electrons. The molecule has 8 heteroatoms. The smallest absolute Gasteiger partial charge is 0.254 e. The summed E-state index contributed by atoms with van der Waals surface area (Å²) in [5, 5.41) is 9.30. The van der Waals surface area contributed by atoms with Gasteiger partial charge < -0.3 is 18.8 Å². The Morgan fingerprint density at radius 2 is 2.03 bits per heavy atom. The molecule has 0 atom stereocenters. The lowest BCUT2D eigenvalue weighted by atomic mass is 10.0. The van der Waals surface area contributed by atoms with Crippen LogP contribution in [0.25, 0.3) is 27.9 Å². The van der Waals surface area contributed by atoms with E-state index in [9.17, 15) is 10.1 Å². The Bertz CT molecular complexity index is 1280. The first-order chi connectivity index (χ1) is 15.4. The standard InChI is InChI=1S/C24H22N4O4/c1-15(24(29)28(2)3)13-27-20(14-30-4)22-11-19-23(32-22)17(8-9-26-19)18-10-16(12-25)6-7-21(18)31-5/h6-11,13-14H,1H2,2-5H3/b20-14+,27-13?. The van der Waals surface area contributed by atoms with Gasteiger partial charge in [-0.25, -0.2) is 4.99 Å². The van der Waals surface area contributed by atoms with Crippen molar-refractivity contribution < 1.29 is 18.7 Å². The molecule has 8 nitrogen and oxygen atoms in total. The Hall–Kier alpha value is -4.38. The summed E-state index contributed by atoms with van der Waals surface area (Å²) in [6.45, 7) is 3.74. The highest BCUT2D eigenvalue weighted by Crippen LogP contribution is 2.37. The van der Waals surface area contributed by atoms with Gasteiger partial charge in [-0.2, -0.15) is 5.26 Å². The molecule has 2 heterocycles. The number of aliphatic imine (C=N–C) groups is 1. The molecule has 0 unspecified atom stereocenters. The molecule has 0 bridgehead atoms. The molecule has 1 amide bonds. The quantitative estimate of drug-likeness (QED) is 0.319. The molecule has 0 fully saturated rings. The Morgan fingerprint density at radius 1 is 1.25 bits per heavy atom. The average molecular weight is 430 g/mol. The van der Waals surface area contributed by atoms with E-state index >= 15 is 0 Å². The fraction of sp³-hybridized carbons (Fsp3) is 0.167. The summed E-state index contributed by atoms with van der Waals surface area (Å²) >= 11 is 0. The van der Waals surface area contributed by atoms with Crippen molar-refractivity contribution >= 4 is 28.9 Å². The minimum Gasteiger partial charge on any atom is -0.502 e. The number of pyridine rings is 1. The highest BCUT2D eigenvalue weighted by molar-refractivity contribution is 6.12. The summed E-state index contributed by atoms with van der Waals surface area (Å²) in [4.78, 5) is 22.1. The molecule has 3 aromatic rings. The highest BCUT2D eigenvalue weighted by atomic mass is 16.5. The van der Waals surface area contributed by atoms with Gasteiger partial charge in [0, 0.05) is 43.7 Å². The number of carbonyl (C=O) groups excluding carboxylic acids is 1. The Morgan fingerprint density at radius 3 is 2.69 bits per heavy atom. The number of hydrogen-bond acceptors (Lipinski definition) is 7. The molecular formula is C24H22N4O4. The normalized spacial score (nSPS) is 11.4. The maximum atomic E-state index is 12.0. The monoisotopic (exact) mass is 430 g/mol. The number of fused-ring (bicyclic) bond motifs is 1. The summed E-state index contributed by atoms with van der Waals surface area (Å²) in [5.74, 6) is 0.723. The number of aromatic nitrogens is 1. The number of nitrogens with zero attached hydrogens (tertiary/aromatic N) is 4. The zero-order valence-electron chi connectivity index (χ0n) is 18.2. The summed E-state index contributed by atoms with van der Waals surface area (Å²) in [6, 6.07) is 10.8. The number of methoxy groups -OCH3 is 2. The molecular weight excluding hydrogens is 408 g/mol. The van der Waals surface area contributed by atoms with Crippen molar-refractivity contribution in [1.29, 1.82) is 5.26 Å². The van der Waals surface area contributed by atoms with Crippen molar-refractivity contribution in [1.82, 2.24) is 9.88 Å². The van der Waals surface area contributed by atoms with Gasteiger partial charge in [-0.1, -0.05) is 6.58 Å². The third-order valence-electron chi connectivity index (χ3n) is 4.55. The van der Waals surface area contributed by atoms with Gasteiger partial charge >= 0.3 is 0 Å². The fourth-order valence-corrected chi connectivity index (χ4v) is 3.02. The second-order valence-corrected chi connectivity index (χ2v) is 6.93. The Balaban J connectivity index is 2.09. The average Bonchev–Trinajstić information content (AvgIpc) is 3.24. The van der Waals surface area contributed by atoms with E-state index in [1.807, 2.05) is 0 Å². The van der Waals surface area contributed by atoms with Gasteiger partial charge in [-0.15, -0.1) is 0 Å². The van der Waals surface area contributed by atoms with Crippen LogP contribution < -0.4 is 4.74 Å². The van der Waals surface area contributed by atoms with Gasteiger partial charge in [0.05, 0.1) is 31.4 Å². The topological polar surface area (TPSA) is 101 Å². The minimum absolute atomic E-state index is 0.213. The first-order valence-corrected chi connectivity index (χ1v) is 9.54. The van der Waals surface area contributed by atoms with E-state index in [1.54, 1.807) is 57.7 Å².